The van der Waals surface area contributed by atoms with E-state index in [1.54, 1.807) is 13.8 Å². The fourth-order valence-electron chi connectivity index (χ4n) is 4.94. The Morgan fingerprint density at radius 2 is 1.77 bits per heavy atom. The van der Waals surface area contributed by atoms with Crippen molar-refractivity contribution < 1.29 is 19.1 Å². The second kappa shape index (κ2) is 10.3. The molecule has 1 aliphatic heterocycles. The van der Waals surface area contributed by atoms with Gasteiger partial charge in [-0.15, -0.1) is 0 Å². The monoisotopic (exact) mass is 515 g/mol. The molecule has 2 aromatic rings. The van der Waals surface area contributed by atoms with E-state index in [1.807, 2.05) is 50.2 Å². The topological polar surface area (TPSA) is 64.6 Å². The van der Waals surface area contributed by atoms with Crippen molar-refractivity contribution in [2.75, 3.05) is 6.61 Å². The number of hydrogen-bond acceptors (Lipinski definition) is 4. The predicted molar refractivity (Wildman–Crippen MR) is 139 cm³/mol. The first-order valence-corrected chi connectivity index (χ1v) is 12.9. The van der Waals surface area contributed by atoms with Crippen LogP contribution in [0.25, 0.3) is 16.7 Å². The van der Waals surface area contributed by atoms with Crippen LogP contribution in [0.2, 0.25) is 10.0 Å². The fourth-order valence-corrected chi connectivity index (χ4v) is 5.33. The Labute approximate surface area is 216 Å². The second-order valence-corrected chi connectivity index (χ2v) is 10.5. The van der Waals surface area contributed by atoms with E-state index in [0.717, 1.165) is 29.5 Å². The molecule has 4 rings (SSSR count). The Kier molecular flexibility index (Phi) is 7.60. The fraction of sp³-hybridized carbons (Fsp3) is 0.429. The van der Waals surface area contributed by atoms with Crippen LogP contribution in [-0.4, -0.2) is 30.1 Å². The Hall–Kier alpha value is -2.34. The van der Waals surface area contributed by atoms with Crippen molar-refractivity contribution in [1.29, 1.82) is 0 Å². The summed E-state index contributed by atoms with van der Waals surface area (Å²) in [5.74, 6) is -0.588. The zero-order valence-electron chi connectivity index (χ0n) is 20.5. The van der Waals surface area contributed by atoms with Gasteiger partial charge >= 0.3 is 5.97 Å². The van der Waals surface area contributed by atoms with Gasteiger partial charge in [0.25, 0.3) is 5.91 Å². The summed E-state index contributed by atoms with van der Waals surface area (Å²) in [4.78, 5) is 26.1. The van der Waals surface area contributed by atoms with Gasteiger partial charge in [0, 0.05) is 22.2 Å². The summed E-state index contributed by atoms with van der Waals surface area (Å²) in [6.07, 6.45) is 2.94. The molecule has 0 radical (unpaired) electrons. The molecule has 0 atom stereocenters. The highest BCUT2D eigenvalue weighted by Crippen LogP contribution is 2.46. The second-order valence-electron chi connectivity index (χ2n) is 9.62. The van der Waals surface area contributed by atoms with Crippen LogP contribution in [0.4, 0.5) is 0 Å². The van der Waals surface area contributed by atoms with Gasteiger partial charge in [-0.2, -0.15) is 0 Å². The minimum Gasteiger partial charge on any atom is -0.427 e. The van der Waals surface area contributed by atoms with Crippen LogP contribution in [0.5, 0.6) is 0 Å². The van der Waals surface area contributed by atoms with Gasteiger partial charge in [0.15, 0.2) is 0 Å². The highest BCUT2D eigenvalue weighted by molar-refractivity contribution is 6.36. The zero-order valence-corrected chi connectivity index (χ0v) is 22.1. The number of ether oxygens (including phenoxy) is 2. The van der Waals surface area contributed by atoms with Gasteiger partial charge in [-0.05, 0) is 80.5 Å². The number of rotatable bonds is 6. The van der Waals surface area contributed by atoms with Gasteiger partial charge in [-0.1, -0.05) is 49.2 Å². The average molecular weight is 516 g/mol. The van der Waals surface area contributed by atoms with Crippen LogP contribution in [0.3, 0.4) is 0 Å². The summed E-state index contributed by atoms with van der Waals surface area (Å²) in [6, 6.07) is 11.3. The molecule has 1 N–H and O–H groups in total. The molecule has 0 aromatic heterocycles. The summed E-state index contributed by atoms with van der Waals surface area (Å²) in [6.45, 7) is 8.16. The SMILES string of the molecule is CCOC1CCC2(CC1)NC(=O)C(c1cc(C)c(-c3ccc(Cl)cc3)cc1Cl)=C2OC(=O)C(C)C. The molecular formula is C28H31Cl2NO4. The number of nitrogens with one attached hydrogen (secondary N) is 1. The normalized spacial score (nSPS) is 22.1. The van der Waals surface area contributed by atoms with Crippen LogP contribution in [-0.2, 0) is 19.1 Å². The molecule has 186 valence electrons. The smallest absolute Gasteiger partial charge is 0.313 e. The van der Waals surface area contributed by atoms with E-state index in [4.69, 9.17) is 32.7 Å². The van der Waals surface area contributed by atoms with E-state index in [-0.39, 0.29) is 23.9 Å². The summed E-state index contributed by atoms with van der Waals surface area (Å²) < 4.78 is 11.8. The number of aryl methyl sites for hydroxylation is 1. The molecule has 0 saturated heterocycles. The van der Waals surface area contributed by atoms with Crippen molar-refractivity contribution in [3.05, 3.63) is 63.3 Å². The molecule has 1 amide bonds. The molecule has 7 heteroatoms. The third-order valence-electron chi connectivity index (χ3n) is 6.84. The first-order chi connectivity index (χ1) is 16.6. The summed E-state index contributed by atoms with van der Waals surface area (Å²) in [5, 5.41) is 4.23. The zero-order chi connectivity index (χ0) is 25.3. The number of amides is 1. The van der Waals surface area contributed by atoms with Crippen LogP contribution in [0, 0.1) is 12.8 Å². The molecular weight excluding hydrogens is 485 g/mol. The number of benzene rings is 2. The molecule has 2 aliphatic rings. The third-order valence-corrected chi connectivity index (χ3v) is 7.41. The number of halogens is 2. The molecule has 1 saturated carbocycles. The number of esters is 1. The maximum atomic E-state index is 13.4. The van der Waals surface area contributed by atoms with E-state index < -0.39 is 5.54 Å². The Balaban J connectivity index is 1.80. The van der Waals surface area contributed by atoms with Gasteiger partial charge < -0.3 is 14.8 Å². The van der Waals surface area contributed by atoms with E-state index in [9.17, 15) is 9.59 Å². The Morgan fingerprint density at radius 1 is 1.11 bits per heavy atom. The van der Waals surface area contributed by atoms with Gasteiger partial charge in [-0.25, -0.2) is 0 Å². The van der Waals surface area contributed by atoms with Crippen molar-refractivity contribution in [2.24, 2.45) is 5.92 Å². The molecule has 1 fully saturated rings. The standard InChI is InChI=1S/C28H31Cl2NO4/c1-5-34-20-10-12-28(13-11-20)25(35-27(33)16(2)3)24(26(32)31-28)22-14-17(4)21(15-23(22)30)18-6-8-19(29)9-7-18/h6-9,14-16,20H,5,10-13H2,1-4H3,(H,31,32). The summed E-state index contributed by atoms with van der Waals surface area (Å²) in [7, 11) is 0. The van der Waals surface area contributed by atoms with Crippen molar-refractivity contribution in [3.63, 3.8) is 0 Å². The summed E-state index contributed by atoms with van der Waals surface area (Å²) >= 11 is 12.8. The lowest BCUT2D eigenvalue weighted by Crippen LogP contribution is -2.49. The highest BCUT2D eigenvalue weighted by Gasteiger charge is 2.50. The third kappa shape index (κ3) is 5.13. The first-order valence-electron chi connectivity index (χ1n) is 12.1. The molecule has 35 heavy (non-hydrogen) atoms. The van der Waals surface area contributed by atoms with E-state index >= 15 is 0 Å². The lowest BCUT2D eigenvalue weighted by atomic mass is 9.79. The molecule has 1 aliphatic carbocycles. The lowest BCUT2D eigenvalue weighted by Gasteiger charge is -2.38. The predicted octanol–water partition coefficient (Wildman–Crippen LogP) is 6.73. The lowest BCUT2D eigenvalue weighted by molar-refractivity contribution is -0.144. The molecule has 1 heterocycles. The van der Waals surface area contributed by atoms with Crippen molar-refractivity contribution in [3.8, 4) is 11.1 Å². The van der Waals surface area contributed by atoms with E-state index in [1.165, 1.54) is 0 Å². The quantitative estimate of drug-likeness (QED) is 0.433. The van der Waals surface area contributed by atoms with Gasteiger partial charge in [0.1, 0.15) is 5.76 Å². The minimum atomic E-state index is -0.739. The molecule has 0 unspecified atom stereocenters. The average Bonchev–Trinajstić information content (AvgIpc) is 3.07. The van der Waals surface area contributed by atoms with Crippen molar-refractivity contribution in [1.82, 2.24) is 5.32 Å². The maximum absolute atomic E-state index is 13.4. The van der Waals surface area contributed by atoms with Crippen molar-refractivity contribution in [2.45, 2.75) is 65.0 Å². The molecule has 5 nitrogen and oxygen atoms in total. The van der Waals surface area contributed by atoms with Crippen LogP contribution < -0.4 is 5.32 Å². The first kappa shape index (κ1) is 25.7. The van der Waals surface area contributed by atoms with Gasteiger partial charge in [-0.3, -0.25) is 9.59 Å². The van der Waals surface area contributed by atoms with Crippen LogP contribution >= 0.6 is 23.2 Å². The number of carbonyl (C=O) groups is 2. The number of hydrogen-bond donors (Lipinski definition) is 1. The minimum absolute atomic E-state index is 0.137. The van der Waals surface area contributed by atoms with Crippen molar-refractivity contribution >= 4 is 40.7 Å². The van der Waals surface area contributed by atoms with Crippen LogP contribution in [0.15, 0.2) is 42.2 Å². The largest absolute Gasteiger partial charge is 0.427 e. The highest BCUT2D eigenvalue weighted by atomic mass is 35.5. The molecule has 0 bridgehead atoms. The maximum Gasteiger partial charge on any atom is 0.313 e. The van der Waals surface area contributed by atoms with E-state index in [0.29, 0.717) is 46.4 Å². The number of carbonyl (C=O) groups excluding carboxylic acids is 2. The molecule has 1 spiro atoms. The Morgan fingerprint density at radius 3 is 2.37 bits per heavy atom. The molecule has 2 aromatic carbocycles. The Bertz CT molecular complexity index is 1160. The van der Waals surface area contributed by atoms with E-state index in [2.05, 4.69) is 5.32 Å². The van der Waals surface area contributed by atoms with Crippen LogP contribution in [0.1, 0.15) is 57.6 Å². The van der Waals surface area contributed by atoms with Gasteiger partial charge in [0.2, 0.25) is 0 Å². The van der Waals surface area contributed by atoms with Gasteiger partial charge in [0.05, 0.1) is 23.1 Å². The summed E-state index contributed by atoms with van der Waals surface area (Å²) in [5.41, 5.74) is 3.03.